The monoisotopic (exact) mass is 458 g/mol. The van der Waals surface area contributed by atoms with Crippen LogP contribution in [0.15, 0.2) is 97.2 Å². The Morgan fingerprint density at radius 2 is 0.912 bits per heavy atom. The first-order chi connectivity index (χ1) is 16.5. The van der Waals surface area contributed by atoms with Gasteiger partial charge in [-0.1, -0.05) is 97.2 Å². The molecule has 2 N–H and O–H groups in total. The van der Waals surface area contributed by atoms with Crippen molar-refractivity contribution in [3.63, 3.8) is 0 Å². The molecule has 0 saturated heterocycles. The molecule has 2 aromatic rings. The van der Waals surface area contributed by atoms with Gasteiger partial charge >= 0.3 is 11.9 Å². The van der Waals surface area contributed by atoms with Crippen LogP contribution in [0.4, 0.5) is 0 Å². The van der Waals surface area contributed by atoms with Crippen LogP contribution in [0.5, 0.6) is 11.5 Å². The second-order valence-electron chi connectivity index (χ2n) is 6.72. The highest BCUT2D eigenvalue weighted by atomic mass is 16.5. The van der Waals surface area contributed by atoms with E-state index in [-0.39, 0.29) is 22.6 Å². The first-order valence-electron chi connectivity index (χ1n) is 10.3. The lowest BCUT2D eigenvalue weighted by molar-refractivity contribution is 0.0587. The minimum absolute atomic E-state index is 0.125. The Morgan fingerprint density at radius 3 is 1.24 bits per heavy atom. The molecule has 174 valence electrons. The number of hydrogen-bond acceptors (Lipinski definition) is 6. The zero-order chi connectivity index (χ0) is 24.8. The van der Waals surface area contributed by atoms with Crippen molar-refractivity contribution in [3.8, 4) is 11.5 Å². The van der Waals surface area contributed by atoms with Gasteiger partial charge in [-0.25, -0.2) is 9.59 Å². The largest absolute Gasteiger partial charge is 0.507 e. The van der Waals surface area contributed by atoms with Crippen molar-refractivity contribution >= 4 is 24.1 Å². The maximum atomic E-state index is 11.8. The van der Waals surface area contributed by atoms with Crippen molar-refractivity contribution in [1.29, 1.82) is 0 Å². The van der Waals surface area contributed by atoms with Crippen LogP contribution >= 0.6 is 0 Å². The lowest BCUT2D eigenvalue weighted by Gasteiger charge is -2.05. The molecular weight excluding hydrogens is 432 g/mol. The number of phenols is 2. The molecule has 6 heteroatoms. The van der Waals surface area contributed by atoms with E-state index < -0.39 is 11.9 Å². The predicted molar refractivity (Wildman–Crippen MR) is 134 cm³/mol. The summed E-state index contributed by atoms with van der Waals surface area (Å²) in [5.41, 5.74) is 1.37. The van der Waals surface area contributed by atoms with Crippen molar-refractivity contribution in [2.45, 2.75) is 0 Å². The van der Waals surface area contributed by atoms with E-state index in [0.29, 0.717) is 11.1 Å². The molecular formula is C28H26O6. The number of hydrogen-bond donors (Lipinski definition) is 2. The van der Waals surface area contributed by atoms with Gasteiger partial charge in [0.2, 0.25) is 0 Å². The number of benzene rings is 2. The zero-order valence-corrected chi connectivity index (χ0v) is 18.9. The number of rotatable bonds is 9. The number of carbonyl (C=O) groups is 2. The van der Waals surface area contributed by atoms with Crippen LogP contribution in [0.25, 0.3) is 12.2 Å². The molecule has 0 amide bonds. The Kier molecular flexibility index (Phi) is 10.4. The van der Waals surface area contributed by atoms with Gasteiger partial charge in [0.1, 0.15) is 22.6 Å². The molecule has 0 radical (unpaired) electrons. The number of phenolic OH excluding ortho intramolecular Hbond substituents is 2. The van der Waals surface area contributed by atoms with Crippen molar-refractivity contribution < 1.29 is 29.3 Å². The number of methoxy groups -OCH3 is 2. The van der Waals surface area contributed by atoms with Gasteiger partial charge in [-0.05, 0) is 23.3 Å². The van der Waals surface area contributed by atoms with Gasteiger partial charge < -0.3 is 19.7 Å². The Hall–Kier alpha value is -4.58. The van der Waals surface area contributed by atoms with Gasteiger partial charge in [0.05, 0.1) is 14.2 Å². The molecule has 0 aromatic heterocycles. The second kappa shape index (κ2) is 13.8. The lowest BCUT2D eigenvalue weighted by atomic mass is 10.1. The standard InChI is InChI=1S/C28H26O6/c1-33-27(31)25-21(17-13-19-23(25)29)15-11-9-7-5-3-4-6-8-10-12-16-22-18-14-20-24(30)26(22)28(32)34-2/h3-20,29-30H,1-2H3. The third-order valence-electron chi connectivity index (χ3n) is 4.48. The van der Waals surface area contributed by atoms with E-state index in [0.717, 1.165) is 0 Å². The first-order valence-corrected chi connectivity index (χ1v) is 10.3. The summed E-state index contributed by atoms with van der Waals surface area (Å²) in [4.78, 5) is 23.6. The van der Waals surface area contributed by atoms with Crippen LogP contribution in [-0.2, 0) is 9.47 Å². The highest BCUT2D eigenvalue weighted by Gasteiger charge is 2.15. The molecule has 0 bridgehead atoms. The molecule has 2 rings (SSSR count). The van der Waals surface area contributed by atoms with Gasteiger partial charge in [0.25, 0.3) is 0 Å². The van der Waals surface area contributed by atoms with Crippen LogP contribution in [0.2, 0.25) is 0 Å². The first kappa shape index (κ1) is 25.7. The summed E-state index contributed by atoms with van der Waals surface area (Å²) in [5.74, 6) is -1.45. The third kappa shape index (κ3) is 7.53. The molecule has 0 spiro atoms. The van der Waals surface area contributed by atoms with E-state index in [1.807, 2.05) is 36.5 Å². The fourth-order valence-corrected chi connectivity index (χ4v) is 2.87. The molecule has 0 heterocycles. The smallest absolute Gasteiger partial charge is 0.342 e. The van der Waals surface area contributed by atoms with Gasteiger partial charge in [-0.2, -0.15) is 0 Å². The summed E-state index contributed by atoms with van der Waals surface area (Å²) in [6.07, 6.45) is 21.5. The Morgan fingerprint density at radius 1 is 0.588 bits per heavy atom. The summed E-state index contributed by atoms with van der Waals surface area (Å²) in [7, 11) is 2.53. The number of esters is 2. The molecule has 2 aromatic carbocycles. The van der Waals surface area contributed by atoms with Crippen LogP contribution in [0.1, 0.15) is 31.8 Å². The molecule has 0 aliphatic rings. The fraction of sp³-hybridized carbons (Fsp3) is 0.0714. The molecule has 0 aliphatic heterocycles. The SMILES string of the molecule is COC(=O)c1c(O)cccc1C=CC=CC=CC=CC=CC=Cc1cccc(O)c1C(=O)OC. The summed E-state index contributed by atoms with van der Waals surface area (Å²) in [5, 5.41) is 19.7. The predicted octanol–water partition coefficient (Wildman–Crippen LogP) is 5.62. The number of allylic oxidation sites excluding steroid dienone is 10. The number of carbonyl (C=O) groups excluding carboxylic acids is 2. The van der Waals surface area contributed by atoms with Gasteiger partial charge in [0.15, 0.2) is 0 Å². The van der Waals surface area contributed by atoms with Crippen LogP contribution in [0.3, 0.4) is 0 Å². The second-order valence-corrected chi connectivity index (χ2v) is 6.72. The Labute approximate surface area is 198 Å². The molecule has 34 heavy (non-hydrogen) atoms. The van der Waals surface area contributed by atoms with E-state index in [4.69, 9.17) is 9.47 Å². The Balaban J connectivity index is 1.89. The zero-order valence-electron chi connectivity index (χ0n) is 18.9. The van der Waals surface area contributed by atoms with Crippen LogP contribution in [-0.4, -0.2) is 36.4 Å². The molecule has 0 unspecified atom stereocenters. The number of aromatic hydroxyl groups is 2. The summed E-state index contributed by atoms with van der Waals surface area (Å²) in [6.45, 7) is 0. The lowest BCUT2D eigenvalue weighted by Crippen LogP contribution is -2.03. The number of ether oxygens (including phenoxy) is 2. The molecule has 6 nitrogen and oxygen atoms in total. The average Bonchev–Trinajstić information content (AvgIpc) is 2.84. The van der Waals surface area contributed by atoms with Crippen molar-refractivity contribution in [3.05, 3.63) is 119 Å². The van der Waals surface area contributed by atoms with E-state index in [9.17, 15) is 19.8 Å². The van der Waals surface area contributed by atoms with Crippen molar-refractivity contribution in [2.75, 3.05) is 14.2 Å². The van der Waals surface area contributed by atoms with E-state index in [1.165, 1.54) is 26.4 Å². The van der Waals surface area contributed by atoms with Gasteiger partial charge in [-0.3, -0.25) is 0 Å². The van der Waals surface area contributed by atoms with Crippen molar-refractivity contribution in [1.82, 2.24) is 0 Å². The maximum absolute atomic E-state index is 11.8. The minimum atomic E-state index is -0.597. The average molecular weight is 459 g/mol. The van der Waals surface area contributed by atoms with Crippen molar-refractivity contribution in [2.24, 2.45) is 0 Å². The minimum Gasteiger partial charge on any atom is -0.507 e. The Bertz CT molecular complexity index is 1090. The van der Waals surface area contributed by atoms with Gasteiger partial charge in [-0.15, -0.1) is 0 Å². The van der Waals surface area contributed by atoms with E-state index >= 15 is 0 Å². The maximum Gasteiger partial charge on any atom is 0.342 e. The summed E-state index contributed by atoms with van der Waals surface area (Å²) < 4.78 is 9.41. The highest BCUT2D eigenvalue weighted by molar-refractivity contribution is 5.97. The fourth-order valence-electron chi connectivity index (χ4n) is 2.87. The summed E-state index contributed by atoms with van der Waals surface area (Å²) in [6, 6.07) is 9.61. The third-order valence-corrected chi connectivity index (χ3v) is 4.48. The van der Waals surface area contributed by atoms with Crippen LogP contribution in [0, 0.1) is 0 Å². The quantitative estimate of drug-likeness (QED) is 0.374. The van der Waals surface area contributed by atoms with Crippen LogP contribution < -0.4 is 0 Å². The van der Waals surface area contributed by atoms with E-state index in [2.05, 4.69) is 0 Å². The van der Waals surface area contributed by atoms with E-state index in [1.54, 1.807) is 60.7 Å². The molecule has 0 fully saturated rings. The molecule has 0 aliphatic carbocycles. The molecule has 0 saturated carbocycles. The highest BCUT2D eigenvalue weighted by Crippen LogP contribution is 2.24. The summed E-state index contributed by atoms with van der Waals surface area (Å²) >= 11 is 0. The topological polar surface area (TPSA) is 93.1 Å². The normalized spacial score (nSPS) is 12.2. The molecule has 0 atom stereocenters. The van der Waals surface area contributed by atoms with Gasteiger partial charge in [0, 0.05) is 0 Å².